The van der Waals surface area contributed by atoms with Gasteiger partial charge in [-0.25, -0.2) is 0 Å². The average Bonchev–Trinajstić information content (AvgIpc) is 3.94. The molecule has 0 saturated carbocycles. The topological polar surface area (TPSA) is 42.7 Å². The van der Waals surface area contributed by atoms with E-state index < -0.39 is 5.41 Å². The van der Waals surface area contributed by atoms with Crippen molar-refractivity contribution < 1.29 is 13.3 Å². The molecule has 0 N–H and O–H groups in total. The Morgan fingerprint density at radius 1 is 0.379 bits per heavy atom. The molecule has 4 nitrogen and oxygen atoms in total. The molecule has 4 heteroatoms. The Bertz CT molecular complexity index is 3580. The zero-order valence-electron chi connectivity index (χ0n) is 32.6. The minimum atomic E-state index is -0.411. The molecule has 2 aliphatic rings. The van der Waals surface area contributed by atoms with Gasteiger partial charge in [0.1, 0.15) is 33.5 Å². The van der Waals surface area contributed by atoms with E-state index in [1.807, 2.05) is 12.1 Å². The van der Waals surface area contributed by atoms with Crippen molar-refractivity contribution in [2.75, 3.05) is 4.90 Å². The van der Waals surface area contributed by atoms with Crippen LogP contribution in [0.5, 0.6) is 0 Å². The number of furan rings is 3. The van der Waals surface area contributed by atoms with E-state index in [-0.39, 0.29) is 5.41 Å². The van der Waals surface area contributed by atoms with Crippen LogP contribution in [0.4, 0.5) is 17.1 Å². The second-order valence-corrected chi connectivity index (χ2v) is 17.2. The number of fused-ring (bicyclic) bond motifs is 14. The average molecular weight is 748 g/mol. The van der Waals surface area contributed by atoms with Gasteiger partial charge in [0, 0.05) is 59.8 Å². The highest BCUT2D eigenvalue weighted by Gasteiger charge is 2.47. The van der Waals surface area contributed by atoms with Crippen molar-refractivity contribution in [3.63, 3.8) is 0 Å². The predicted molar refractivity (Wildman–Crippen MR) is 238 cm³/mol. The van der Waals surface area contributed by atoms with Crippen molar-refractivity contribution in [1.29, 1.82) is 0 Å². The Kier molecular flexibility index (Phi) is 6.01. The summed E-state index contributed by atoms with van der Waals surface area (Å²) in [4.78, 5) is 2.52. The molecule has 0 aliphatic carbocycles. The summed E-state index contributed by atoms with van der Waals surface area (Å²) in [5.41, 5.74) is 17.8. The van der Waals surface area contributed by atoms with Crippen LogP contribution in [0.15, 0.2) is 165 Å². The third-order valence-electron chi connectivity index (χ3n) is 13.4. The smallest absolute Gasteiger partial charge is 0.143 e. The van der Waals surface area contributed by atoms with Gasteiger partial charge in [0.25, 0.3) is 0 Å². The molecular formula is C54H37NO3. The van der Waals surface area contributed by atoms with E-state index in [0.29, 0.717) is 0 Å². The van der Waals surface area contributed by atoms with E-state index in [0.717, 1.165) is 88.1 Å². The summed E-state index contributed by atoms with van der Waals surface area (Å²) in [5, 5.41) is 6.83. The molecule has 58 heavy (non-hydrogen) atoms. The Morgan fingerprint density at radius 3 is 1.36 bits per heavy atom. The first kappa shape index (κ1) is 32.1. The number of rotatable bonds is 2. The number of benzene rings is 8. The number of anilines is 3. The van der Waals surface area contributed by atoms with Crippen LogP contribution in [0.3, 0.4) is 0 Å². The van der Waals surface area contributed by atoms with Crippen molar-refractivity contribution in [3.8, 4) is 22.3 Å². The van der Waals surface area contributed by atoms with E-state index in [1.165, 1.54) is 39.3 Å². The third-order valence-corrected chi connectivity index (χ3v) is 13.4. The molecule has 5 heterocycles. The van der Waals surface area contributed by atoms with Gasteiger partial charge in [-0.3, -0.25) is 0 Å². The molecule has 13 rings (SSSR count). The lowest BCUT2D eigenvalue weighted by atomic mass is 9.65. The second kappa shape index (κ2) is 10.9. The first-order chi connectivity index (χ1) is 28.3. The summed E-state index contributed by atoms with van der Waals surface area (Å²) < 4.78 is 20.1. The van der Waals surface area contributed by atoms with Gasteiger partial charge in [0.15, 0.2) is 0 Å². The van der Waals surface area contributed by atoms with Crippen molar-refractivity contribution in [2.45, 2.75) is 38.5 Å². The minimum Gasteiger partial charge on any atom is -0.456 e. The Morgan fingerprint density at radius 2 is 0.828 bits per heavy atom. The van der Waals surface area contributed by atoms with Crippen LogP contribution in [-0.2, 0) is 10.8 Å². The molecule has 0 atom stereocenters. The van der Waals surface area contributed by atoms with E-state index in [4.69, 9.17) is 13.3 Å². The molecule has 0 saturated heterocycles. The minimum absolute atomic E-state index is 0.343. The van der Waals surface area contributed by atoms with Gasteiger partial charge in [-0.2, -0.15) is 0 Å². The third kappa shape index (κ3) is 3.99. The lowest BCUT2D eigenvalue weighted by molar-refractivity contribution is 0.583. The number of nitrogens with zero attached hydrogens (tertiary/aromatic N) is 1. The van der Waals surface area contributed by atoms with Gasteiger partial charge in [0.05, 0.1) is 17.1 Å². The standard InChI is InChI=1S/C54H37NO3/c1-53(2)40-27-30(32-16-11-18-37-34-13-5-8-20-45(34)56-50(32)37)23-25-43(40)55-44-26-24-31(33-17-12-19-38-35-14-6-9-21-46(35)57-51(33)38)28-41(44)54(3,4)48-49(55)42(53)29-39-36-15-7-10-22-47(36)58-52(39)48/h5-29H,1-4H3. The Hall–Kier alpha value is -7.04. The number of hydrogen-bond donors (Lipinski definition) is 0. The first-order valence-corrected chi connectivity index (χ1v) is 20.2. The van der Waals surface area contributed by atoms with Gasteiger partial charge in [0.2, 0.25) is 0 Å². The fourth-order valence-electron chi connectivity index (χ4n) is 10.5. The van der Waals surface area contributed by atoms with Crippen LogP contribution in [0.25, 0.3) is 88.1 Å². The SMILES string of the molecule is CC1(C)c2cc(-c3cccc4c3oc3ccccc34)ccc2N2c3ccc(-c4cccc5c4oc4ccccc45)cc3C(C)(C)c3c2c1cc1c3oc2ccccc21. The molecule has 8 aromatic carbocycles. The molecule has 0 unspecified atom stereocenters. The van der Waals surface area contributed by atoms with E-state index in [9.17, 15) is 0 Å². The Labute approximate surface area is 334 Å². The van der Waals surface area contributed by atoms with Gasteiger partial charge < -0.3 is 18.2 Å². The van der Waals surface area contributed by atoms with Crippen molar-refractivity contribution in [2.24, 2.45) is 0 Å². The highest BCUT2D eigenvalue weighted by Crippen LogP contribution is 2.63. The number of hydrogen-bond acceptors (Lipinski definition) is 4. The van der Waals surface area contributed by atoms with Crippen LogP contribution < -0.4 is 4.90 Å². The van der Waals surface area contributed by atoms with E-state index >= 15 is 0 Å². The van der Waals surface area contributed by atoms with E-state index in [1.54, 1.807) is 0 Å². The molecule has 3 aromatic heterocycles. The molecule has 0 bridgehead atoms. The maximum atomic E-state index is 6.93. The summed E-state index contributed by atoms with van der Waals surface area (Å²) in [6.45, 7) is 9.52. The summed E-state index contributed by atoms with van der Waals surface area (Å²) in [5.74, 6) is 0. The monoisotopic (exact) mass is 747 g/mol. The largest absolute Gasteiger partial charge is 0.456 e. The molecule has 2 aliphatic heterocycles. The van der Waals surface area contributed by atoms with Crippen LogP contribution in [0.1, 0.15) is 49.9 Å². The maximum Gasteiger partial charge on any atom is 0.143 e. The van der Waals surface area contributed by atoms with Gasteiger partial charge in [-0.1, -0.05) is 131 Å². The molecular weight excluding hydrogens is 711 g/mol. The van der Waals surface area contributed by atoms with E-state index in [2.05, 4.69) is 172 Å². The summed E-state index contributed by atoms with van der Waals surface area (Å²) in [7, 11) is 0. The van der Waals surface area contributed by atoms with Crippen LogP contribution in [-0.4, -0.2) is 0 Å². The molecule has 0 amide bonds. The normalized spacial score (nSPS) is 15.1. The predicted octanol–water partition coefficient (Wildman–Crippen LogP) is 15.5. The van der Waals surface area contributed by atoms with Gasteiger partial charge in [-0.05, 0) is 76.3 Å². The quantitative estimate of drug-likeness (QED) is 0.177. The zero-order valence-corrected chi connectivity index (χ0v) is 32.6. The zero-order chi connectivity index (χ0) is 38.7. The van der Waals surface area contributed by atoms with Gasteiger partial charge >= 0.3 is 0 Å². The van der Waals surface area contributed by atoms with Crippen molar-refractivity contribution in [3.05, 3.63) is 174 Å². The first-order valence-electron chi connectivity index (χ1n) is 20.2. The molecule has 0 fully saturated rings. The molecule has 0 radical (unpaired) electrons. The van der Waals surface area contributed by atoms with Crippen LogP contribution >= 0.6 is 0 Å². The summed E-state index contributed by atoms with van der Waals surface area (Å²) in [6, 6.07) is 54.6. The van der Waals surface area contributed by atoms with Crippen molar-refractivity contribution >= 4 is 82.9 Å². The fraction of sp³-hybridized carbons (Fsp3) is 0.111. The second-order valence-electron chi connectivity index (χ2n) is 17.2. The molecule has 11 aromatic rings. The van der Waals surface area contributed by atoms with Gasteiger partial charge in [-0.15, -0.1) is 0 Å². The summed E-state index contributed by atoms with van der Waals surface area (Å²) in [6.07, 6.45) is 0. The highest BCUT2D eigenvalue weighted by atomic mass is 16.3. The Balaban J connectivity index is 1.09. The lowest BCUT2D eigenvalue weighted by Gasteiger charge is -2.49. The van der Waals surface area contributed by atoms with Crippen LogP contribution in [0.2, 0.25) is 0 Å². The highest BCUT2D eigenvalue weighted by molar-refractivity contribution is 6.13. The lowest BCUT2D eigenvalue weighted by Crippen LogP contribution is -2.38. The summed E-state index contributed by atoms with van der Waals surface area (Å²) >= 11 is 0. The number of para-hydroxylation sites is 5. The van der Waals surface area contributed by atoms with Crippen molar-refractivity contribution in [1.82, 2.24) is 0 Å². The van der Waals surface area contributed by atoms with Crippen LogP contribution in [0, 0.1) is 0 Å². The maximum absolute atomic E-state index is 6.93. The molecule has 0 spiro atoms. The molecule has 276 valence electrons. The fourth-order valence-corrected chi connectivity index (χ4v) is 10.5.